The lowest BCUT2D eigenvalue weighted by Crippen LogP contribution is -2.32. The molecule has 3 aromatic rings. The van der Waals surface area contributed by atoms with Gasteiger partial charge in [-0.25, -0.2) is 9.37 Å². The van der Waals surface area contributed by atoms with E-state index in [1.807, 2.05) is 7.05 Å². The number of halogens is 1. The van der Waals surface area contributed by atoms with E-state index in [1.54, 1.807) is 29.1 Å². The molecule has 1 aromatic carbocycles. The molecule has 0 aliphatic carbocycles. The van der Waals surface area contributed by atoms with Gasteiger partial charge in [0.05, 0.1) is 6.20 Å². The number of amides is 1. The summed E-state index contributed by atoms with van der Waals surface area (Å²) >= 11 is 1.09. The third-order valence-electron chi connectivity index (χ3n) is 4.78. The molecule has 2 aromatic heterocycles. The van der Waals surface area contributed by atoms with Crippen LogP contribution in [0.4, 0.5) is 20.9 Å². The van der Waals surface area contributed by atoms with E-state index in [4.69, 9.17) is 5.73 Å². The van der Waals surface area contributed by atoms with Gasteiger partial charge in [0.2, 0.25) is 0 Å². The van der Waals surface area contributed by atoms with Gasteiger partial charge in [-0.2, -0.15) is 5.10 Å². The minimum Gasteiger partial charge on any atom is -0.389 e. The fraction of sp³-hybridized carbons (Fsp3) is 0.316. The molecule has 1 aliphatic rings. The van der Waals surface area contributed by atoms with E-state index in [-0.39, 0.29) is 10.7 Å². The maximum atomic E-state index is 14.0. The first-order valence-electron chi connectivity index (χ1n) is 9.14. The van der Waals surface area contributed by atoms with Crippen LogP contribution in [0, 0.1) is 5.82 Å². The summed E-state index contributed by atoms with van der Waals surface area (Å²) in [7, 11) is 1.85. The minimum absolute atomic E-state index is 0.0942. The molecule has 28 heavy (non-hydrogen) atoms. The van der Waals surface area contributed by atoms with Crippen LogP contribution in [0.2, 0.25) is 0 Å². The molecule has 0 radical (unpaired) electrons. The van der Waals surface area contributed by atoms with E-state index >= 15 is 0 Å². The fourth-order valence-corrected chi connectivity index (χ4v) is 4.28. The van der Waals surface area contributed by atoms with Crippen molar-refractivity contribution in [3.63, 3.8) is 0 Å². The van der Waals surface area contributed by atoms with Crippen molar-refractivity contribution in [2.45, 2.75) is 19.3 Å². The number of rotatable bonds is 4. The Balaban J connectivity index is 1.59. The summed E-state index contributed by atoms with van der Waals surface area (Å²) in [5.41, 5.74) is 7.05. The molecule has 9 heteroatoms. The van der Waals surface area contributed by atoms with Gasteiger partial charge in [-0.15, -0.1) is 0 Å². The van der Waals surface area contributed by atoms with E-state index in [0.717, 1.165) is 43.1 Å². The Kier molecular flexibility index (Phi) is 4.99. The van der Waals surface area contributed by atoms with Crippen molar-refractivity contribution in [3.05, 3.63) is 42.0 Å². The Hall–Kier alpha value is -2.94. The number of nitrogen functional groups attached to an aromatic ring is 1. The minimum atomic E-state index is -0.428. The molecule has 1 saturated heterocycles. The van der Waals surface area contributed by atoms with Gasteiger partial charge in [0.15, 0.2) is 11.5 Å². The van der Waals surface area contributed by atoms with E-state index < -0.39 is 11.7 Å². The van der Waals surface area contributed by atoms with Gasteiger partial charge in [-0.05, 0) is 31.4 Å². The number of thiazole rings is 1. The molecule has 0 atom stereocenters. The van der Waals surface area contributed by atoms with Crippen molar-refractivity contribution in [1.29, 1.82) is 0 Å². The van der Waals surface area contributed by atoms with E-state index in [1.165, 1.54) is 12.5 Å². The van der Waals surface area contributed by atoms with Crippen LogP contribution in [0.5, 0.6) is 0 Å². The smallest absolute Gasteiger partial charge is 0.277 e. The number of carbonyl (C=O) groups excluding carboxylic acids is 1. The molecule has 4 rings (SSSR count). The summed E-state index contributed by atoms with van der Waals surface area (Å²) in [4.78, 5) is 19.3. The van der Waals surface area contributed by atoms with Crippen molar-refractivity contribution in [2.75, 3.05) is 29.0 Å². The van der Waals surface area contributed by atoms with Crippen LogP contribution in [-0.2, 0) is 7.05 Å². The summed E-state index contributed by atoms with van der Waals surface area (Å²) in [6, 6.07) is 6.29. The lowest BCUT2D eigenvalue weighted by Gasteiger charge is -2.29. The van der Waals surface area contributed by atoms with Crippen LogP contribution in [0.15, 0.2) is 30.5 Å². The van der Waals surface area contributed by atoms with Crippen LogP contribution >= 0.6 is 11.3 Å². The Labute approximate surface area is 166 Å². The van der Waals surface area contributed by atoms with Gasteiger partial charge >= 0.3 is 0 Å². The normalized spacial score (nSPS) is 14.3. The largest absolute Gasteiger partial charge is 0.389 e. The molecule has 1 amide bonds. The maximum Gasteiger partial charge on any atom is 0.277 e. The highest BCUT2D eigenvalue weighted by molar-refractivity contribution is 7.19. The Morgan fingerprint density at radius 2 is 2.00 bits per heavy atom. The van der Waals surface area contributed by atoms with Crippen LogP contribution in [0.1, 0.15) is 29.8 Å². The summed E-state index contributed by atoms with van der Waals surface area (Å²) in [5.74, 6) is 0.0432. The average molecular weight is 400 g/mol. The highest BCUT2D eigenvalue weighted by Crippen LogP contribution is 2.33. The summed E-state index contributed by atoms with van der Waals surface area (Å²) in [6.45, 7) is 1.86. The van der Waals surface area contributed by atoms with Gasteiger partial charge in [-0.1, -0.05) is 23.5 Å². The van der Waals surface area contributed by atoms with Crippen molar-refractivity contribution in [3.8, 4) is 10.6 Å². The number of hydrogen-bond acceptors (Lipinski definition) is 6. The number of piperidine rings is 1. The number of hydrogen-bond donors (Lipinski definition) is 2. The highest BCUT2D eigenvalue weighted by atomic mass is 32.1. The molecule has 1 aliphatic heterocycles. The topological polar surface area (TPSA) is 89.1 Å². The summed E-state index contributed by atoms with van der Waals surface area (Å²) in [6.07, 6.45) is 5.07. The predicted molar refractivity (Wildman–Crippen MR) is 109 cm³/mol. The fourth-order valence-electron chi connectivity index (χ4n) is 3.43. The molecular formula is C19H21FN6OS. The van der Waals surface area contributed by atoms with Crippen molar-refractivity contribution in [2.24, 2.45) is 7.05 Å². The third-order valence-corrected chi connectivity index (χ3v) is 5.70. The van der Waals surface area contributed by atoms with Gasteiger partial charge in [0.1, 0.15) is 21.5 Å². The Morgan fingerprint density at radius 1 is 1.25 bits per heavy atom. The number of nitrogens with zero attached hydrogens (tertiary/aromatic N) is 4. The lowest BCUT2D eigenvalue weighted by atomic mass is 10.1. The zero-order valence-corrected chi connectivity index (χ0v) is 16.3. The van der Waals surface area contributed by atoms with Gasteiger partial charge in [0.25, 0.3) is 5.91 Å². The number of carbonyl (C=O) groups is 1. The van der Waals surface area contributed by atoms with Gasteiger partial charge < -0.3 is 16.0 Å². The molecule has 146 valence electrons. The zero-order chi connectivity index (χ0) is 19.7. The van der Waals surface area contributed by atoms with Crippen LogP contribution in [-0.4, -0.2) is 33.8 Å². The zero-order valence-electron chi connectivity index (χ0n) is 15.5. The number of aryl methyl sites for hydroxylation is 1. The first-order chi connectivity index (χ1) is 13.5. The molecule has 3 heterocycles. The summed E-state index contributed by atoms with van der Waals surface area (Å²) in [5, 5.41) is 7.79. The van der Waals surface area contributed by atoms with E-state index in [2.05, 4.69) is 20.3 Å². The van der Waals surface area contributed by atoms with Crippen LogP contribution in [0.25, 0.3) is 10.6 Å². The standard InChI is InChI=1S/C19H21FN6OS/c1-25-19(26-9-5-2-6-10-26)14(11-22-25)23-17(27)15-16(21)28-18(24-15)12-7-3-4-8-13(12)20/h3-4,7-8,11H,2,5-6,9-10,21H2,1H3,(H,23,27). The second kappa shape index (κ2) is 7.59. The number of aromatic nitrogens is 3. The molecule has 0 bridgehead atoms. The lowest BCUT2D eigenvalue weighted by molar-refractivity contribution is 0.102. The van der Waals surface area contributed by atoms with Crippen molar-refractivity contribution >= 4 is 33.8 Å². The quantitative estimate of drug-likeness (QED) is 0.700. The monoisotopic (exact) mass is 400 g/mol. The molecule has 7 nitrogen and oxygen atoms in total. The number of nitrogens with one attached hydrogen (secondary N) is 1. The van der Waals surface area contributed by atoms with Crippen molar-refractivity contribution in [1.82, 2.24) is 14.8 Å². The Morgan fingerprint density at radius 3 is 2.75 bits per heavy atom. The van der Waals surface area contributed by atoms with E-state index in [9.17, 15) is 9.18 Å². The first-order valence-corrected chi connectivity index (χ1v) is 9.95. The number of nitrogens with two attached hydrogens (primary N) is 1. The molecule has 0 saturated carbocycles. The maximum absolute atomic E-state index is 14.0. The molecule has 1 fully saturated rings. The number of anilines is 3. The van der Waals surface area contributed by atoms with Crippen LogP contribution in [0.3, 0.4) is 0 Å². The highest BCUT2D eigenvalue weighted by Gasteiger charge is 2.23. The first kappa shape index (κ1) is 18.4. The third kappa shape index (κ3) is 3.45. The Bertz CT molecular complexity index is 1010. The van der Waals surface area contributed by atoms with E-state index in [0.29, 0.717) is 16.3 Å². The second-order valence-corrected chi connectivity index (χ2v) is 7.75. The van der Waals surface area contributed by atoms with Gasteiger partial charge in [-0.3, -0.25) is 9.48 Å². The molecular weight excluding hydrogens is 379 g/mol. The van der Waals surface area contributed by atoms with Crippen molar-refractivity contribution < 1.29 is 9.18 Å². The van der Waals surface area contributed by atoms with Gasteiger partial charge in [0, 0.05) is 25.7 Å². The SMILES string of the molecule is Cn1ncc(NC(=O)c2nc(-c3ccccc3F)sc2N)c1N1CCCCC1. The molecule has 0 unspecified atom stereocenters. The predicted octanol–water partition coefficient (Wildman–Crippen LogP) is 3.51. The molecule has 3 N–H and O–H groups in total. The second-order valence-electron chi connectivity index (χ2n) is 6.72. The average Bonchev–Trinajstić information content (AvgIpc) is 3.25. The summed E-state index contributed by atoms with van der Waals surface area (Å²) < 4.78 is 15.8. The van der Waals surface area contributed by atoms with Crippen LogP contribution < -0.4 is 16.0 Å². The molecule has 0 spiro atoms. The number of benzene rings is 1.